The summed E-state index contributed by atoms with van der Waals surface area (Å²) in [6.07, 6.45) is 5.57. The summed E-state index contributed by atoms with van der Waals surface area (Å²) in [5.41, 5.74) is 1.33. The van der Waals surface area contributed by atoms with E-state index < -0.39 is 0 Å². The minimum atomic E-state index is 0.773. The third-order valence-corrected chi connectivity index (χ3v) is 3.81. The van der Waals surface area contributed by atoms with Gasteiger partial charge in [-0.1, -0.05) is 6.92 Å². The third kappa shape index (κ3) is 3.30. The van der Waals surface area contributed by atoms with E-state index in [9.17, 15) is 0 Å². The lowest BCUT2D eigenvalue weighted by Gasteiger charge is -2.33. The van der Waals surface area contributed by atoms with Gasteiger partial charge in [-0.2, -0.15) is 5.10 Å². The Kier molecular flexibility index (Phi) is 4.57. The van der Waals surface area contributed by atoms with Crippen molar-refractivity contribution >= 4 is 0 Å². The summed E-state index contributed by atoms with van der Waals surface area (Å²) in [6.45, 7) is 6.92. The summed E-state index contributed by atoms with van der Waals surface area (Å²) in [4.78, 5) is 2.62. The Hall–Kier alpha value is -0.870. The average Bonchev–Trinajstić information content (AvgIpc) is 2.77. The zero-order valence-electron chi connectivity index (χ0n) is 11.0. The number of rotatable bonds is 5. The van der Waals surface area contributed by atoms with Gasteiger partial charge < -0.3 is 10.2 Å². The number of likely N-dealkylation sites (N-methyl/N-ethyl adjacent to an activating group) is 1. The Morgan fingerprint density at radius 2 is 2.24 bits per heavy atom. The molecule has 1 aliphatic heterocycles. The molecule has 1 fully saturated rings. The van der Waals surface area contributed by atoms with Gasteiger partial charge in [0.2, 0.25) is 0 Å². The number of piperidine rings is 1. The van der Waals surface area contributed by atoms with Gasteiger partial charge in [-0.15, -0.1) is 0 Å². The molecule has 4 nitrogen and oxygen atoms in total. The number of aryl methyl sites for hydroxylation is 1. The van der Waals surface area contributed by atoms with Crippen molar-refractivity contribution in [2.45, 2.75) is 32.2 Å². The van der Waals surface area contributed by atoms with E-state index >= 15 is 0 Å². The van der Waals surface area contributed by atoms with E-state index in [0.29, 0.717) is 0 Å². The second-order valence-corrected chi connectivity index (χ2v) is 4.81. The molecule has 0 bridgehead atoms. The van der Waals surface area contributed by atoms with Crippen LogP contribution in [0.5, 0.6) is 0 Å². The van der Waals surface area contributed by atoms with Crippen LogP contribution in [0.15, 0.2) is 12.3 Å². The molecule has 1 aromatic rings. The summed E-state index contributed by atoms with van der Waals surface area (Å²) in [5.74, 6) is 0. The first kappa shape index (κ1) is 12.6. The van der Waals surface area contributed by atoms with E-state index in [1.165, 1.54) is 31.6 Å². The molecule has 0 saturated carbocycles. The highest BCUT2D eigenvalue weighted by molar-refractivity contribution is 5.00. The number of nitrogens with zero attached hydrogens (tertiary/aromatic N) is 3. The Morgan fingerprint density at radius 1 is 1.47 bits per heavy atom. The van der Waals surface area contributed by atoms with E-state index in [-0.39, 0.29) is 0 Å². The number of hydrogen-bond donors (Lipinski definition) is 1. The van der Waals surface area contributed by atoms with Crippen LogP contribution in [-0.2, 0) is 13.5 Å². The SMILES string of the molecule is CCN(CCc1ccnn1C)C1CCNCC1. The number of hydrogen-bond acceptors (Lipinski definition) is 3. The lowest BCUT2D eigenvalue weighted by molar-refractivity contribution is 0.171. The third-order valence-electron chi connectivity index (χ3n) is 3.81. The van der Waals surface area contributed by atoms with Gasteiger partial charge in [0.1, 0.15) is 0 Å². The zero-order valence-corrected chi connectivity index (χ0v) is 11.0. The highest BCUT2D eigenvalue weighted by Crippen LogP contribution is 2.12. The number of aromatic nitrogens is 2. The van der Waals surface area contributed by atoms with Gasteiger partial charge in [0, 0.05) is 37.9 Å². The van der Waals surface area contributed by atoms with Gasteiger partial charge in [0.15, 0.2) is 0 Å². The topological polar surface area (TPSA) is 33.1 Å². The molecular weight excluding hydrogens is 212 g/mol. The molecule has 4 heteroatoms. The first-order chi connectivity index (χ1) is 8.31. The van der Waals surface area contributed by atoms with Crippen LogP contribution in [0.25, 0.3) is 0 Å². The quantitative estimate of drug-likeness (QED) is 0.829. The molecule has 0 aliphatic carbocycles. The minimum absolute atomic E-state index is 0.773. The summed E-state index contributed by atoms with van der Waals surface area (Å²) < 4.78 is 1.98. The Balaban J connectivity index is 1.84. The maximum absolute atomic E-state index is 4.22. The van der Waals surface area contributed by atoms with Gasteiger partial charge in [0.25, 0.3) is 0 Å². The standard InChI is InChI=1S/C13H24N4/c1-3-17(13-4-8-14-9-5-13)11-7-12-6-10-15-16(12)2/h6,10,13-14H,3-5,7-9,11H2,1-2H3. The summed E-state index contributed by atoms with van der Waals surface area (Å²) in [5, 5.41) is 7.65. The van der Waals surface area contributed by atoms with Crippen LogP contribution in [0.1, 0.15) is 25.5 Å². The monoisotopic (exact) mass is 236 g/mol. The molecule has 1 aromatic heterocycles. The predicted octanol–water partition coefficient (Wildman–Crippen LogP) is 1.04. The number of nitrogens with one attached hydrogen (secondary N) is 1. The van der Waals surface area contributed by atoms with Crippen LogP contribution in [0.4, 0.5) is 0 Å². The maximum atomic E-state index is 4.22. The second-order valence-electron chi connectivity index (χ2n) is 4.81. The van der Waals surface area contributed by atoms with Crippen LogP contribution < -0.4 is 5.32 Å². The summed E-state index contributed by atoms with van der Waals surface area (Å²) in [7, 11) is 2.02. The van der Waals surface area contributed by atoms with E-state index in [1.54, 1.807) is 0 Å². The highest BCUT2D eigenvalue weighted by Gasteiger charge is 2.19. The fourth-order valence-corrected chi connectivity index (χ4v) is 2.68. The maximum Gasteiger partial charge on any atom is 0.0492 e. The molecule has 0 atom stereocenters. The molecule has 1 aliphatic rings. The second kappa shape index (κ2) is 6.17. The largest absolute Gasteiger partial charge is 0.317 e. The van der Waals surface area contributed by atoms with Gasteiger partial charge in [-0.3, -0.25) is 4.68 Å². The van der Waals surface area contributed by atoms with E-state index in [2.05, 4.69) is 28.3 Å². The smallest absolute Gasteiger partial charge is 0.0492 e. The molecule has 0 radical (unpaired) electrons. The Morgan fingerprint density at radius 3 is 2.82 bits per heavy atom. The molecule has 2 rings (SSSR count). The Bertz CT molecular complexity index is 328. The average molecular weight is 236 g/mol. The first-order valence-corrected chi connectivity index (χ1v) is 6.73. The van der Waals surface area contributed by atoms with Gasteiger partial charge in [-0.25, -0.2) is 0 Å². The predicted molar refractivity (Wildman–Crippen MR) is 70.1 cm³/mol. The van der Waals surface area contributed by atoms with Crippen LogP contribution in [-0.4, -0.2) is 46.9 Å². The van der Waals surface area contributed by atoms with Crippen molar-refractivity contribution in [3.63, 3.8) is 0 Å². The molecule has 17 heavy (non-hydrogen) atoms. The van der Waals surface area contributed by atoms with E-state index in [0.717, 1.165) is 25.6 Å². The molecule has 0 amide bonds. The van der Waals surface area contributed by atoms with Gasteiger partial charge in [-0.05, 0) is 38.5 Å². The van der Waals surface area contributed by atoms with E-state index in [1.807, 2.05) is 17.9 Å². The minimum Gasteiger partial charge on any atom is -0.317 e. The van der Waals surface area contributed by atoms with Crippen LogP contribution in [0.3, 0.4) is 0 Å². The molecule has 1 saturated heterocycles. The molecule has 0 spiro atoms. The molecule has 96 valence electrons. The van der Waals surface area contributed by atoms with Crippen molar-refractivity contribution in [3.8, 4) is 0 Å². The van der Waals surface area contributed by atoms with Crippen LogP contribution in [0, 0.1) is 0 Å². The molecule has 0 unspecified atom stereocenters. The fourth-order valence-electron chi connectivity index (χ4n) is 2.68. The zero-order chi connectivity index (χ0) is 12.1. The van der Waals surface area contributed by atoms with Crippen LogP contribution >= 0.6 is 0 Å². The summed E-state index contributed by atoms with van der Waals surface area (Å²) >= 11 is 0. The van der Waals surface area contributed by atoms with Crippen LogP contribution in [0.2, 0.25) is 0 Å². The molecule has 1 N–H and O–H groups in total. The molecule has 2 heterocycles. The fraction of sp³-hybridized carbons (Fsp3) is 0.769. The van der Waals surface area contributed by atoms with Crippen molar-refractivity contribution in [2.75, 3.05) is 26.2 Å². The van der Waals surface area contributed by atoms with Crippen molar-refractivity contribution in [1.82, 2.24) is 20.0 Å². The summed E-state index contributed by atoms with van der Waals surface area (Å²) in [6, 6.07) is 2.89. The molecule has 0 aromatic carbocycles. The normalized spacial score (nSPS) is 17.8. The lowest BCUT2D eigenvalue weighted by Crippen LogP contribution is -2.43. The first-order valence-electron chi connectivity index (χ1n) is 6.73. The molecular formula is C13H24N4. The van der Waals surface area contributed by atoms with Gasteiger partial charge in [0.05, 0.1) is 0 Å². The van der Waals surface area contributed by atoms with Crippen molar-refractivity contribution in [2.24, 2.45) is 7.05 Å². The highest BCUT2D eigenvalue weighted by atomic mass is 15.3. The lowest BCUT2D eigenvalue weighted by atomic mass is 10.0. The van der Waals surface area contributed by atoms with Crippen molar-refractivity contribution < 1.29 is 0 Å². The Labute approximate surface area is 104 Å². The van der Waals surface area contributed by atoms with Gasteiger partial charge >= 0.3 is 0 Å². The van der Waals surface area contributed by atoms with Crippen molar-refractivity contribution in [3.05, 3.63) is 18.0 Å². The van der Waals surface area contributed by atoms with E-state index in [4.69, 9.17) is 0 Å². The van der Waals surface area contributed by atoms with Crippen molar-refractivity contribution in [1.29, 1.82) is 0 Å².